The normalized spacial score (nSPS) is 12.3. The van der Waals surface area contributed by atoms with Gasteiger partial charge in [-0.2, -0.15) is 0 Å². The molecule has 24 nitrogen and oxygen atoms in total. The molecule has 24 heteroatoms. The second-order valence-corrected chi connectivity index (χ2v) is 26.3. The van der Waals surface area contributed by atoms with Gasteiger partial charge in [0.15, 0.2) is 26.2 Å². The second-order valence-electron chi connectivity index (χ2n) is 26.3. The van der Waals surface area contributed by atoms with Crippen LogP contribution in [0.4, 0.5) is 0 Å². The molecule has 0 radical (unpaired) electrons. The van der Waals surface area contributed by atoms with E-state index in [0.717, 1.165) is 103 Å². The highest BCUT2D eigenvalue weighted by molar-refractivity contribution is 5.75. The van der Waals surface area contributed by atoms with Crippen LogP contribution in [-0.2, 0) is 95.3 Å². The number of carbonyl (C=O) groups is 10. The summed E-state index contributed by atoms with van der Waals surface area (Å²) in [5.74, 6) is -3.07. The van der Waals surface area contributed by atoms with Gasteiger partial charge in [0, 0.05) is 54.3 Å². The van der Waals surface area contributed by atoms with E-state index in [9.17, 15) is 47.9 Å². The van der Waals surface area contributed by atoms with Crippen LogP contribution in [0.1, 0.15) is 189 Å². The number of ketones is 1. The van der Waals surface area contributed by atoms with Gasteiger partial charge in [0.2, 0.25) is 0 Å². The number of unbranched alkanes of at least 4 members (excludes halogenated alkanes) is 17. The highest BCUT2D eigenvalue weighted by Crippen LogP contribution is 2.17. The highest BCUT2D eigenvalue weighted by Gasteiger charge is 2.29. The fourth-order valence-corrected chi connectivity index (χ4v) is 9.19. The fraction of sp³-hybridized carbons (Fsp3) is 0.848. The van der Waals surface area contributed by atoms with Gasteiger partial charge in [0.1, 0.15) is 83.8 Å². The number of rotatable bonds is 55. The molecule has 0 aliphatic rings. The molecular formula is C66H124N4O20+4. The Morgan fingerprint density at radius 1 is 0.289 bits per heavy atom. The lowest BCUT2D eigenvalue weighted by Gasteiger charge is -2.29. The lowest BCUT2D eigenvalue weighted by Crippen LogP contribution is -2.48. The van der Waals surface area contributed by atoms with Gasteiger partial charge in [-0.1, -0.05) is 89.9 Å². The third kappa shape index (κ3) is 60.3. The van der Waals surface area contributed by atoms with E-state index in [0.29, 0.717) is 58.5 Å². The van der Waals surface area contributed by atoms with Crippen molar-refractivity contribution in [2.75, 3.05) is 169 Å². The molecule has 0 saturated carbocycles. The summed E-state index contributed by atoms with van der Waals surface area (Å²) in [7, 11) is 16.5. The predicted molar refractivity (Wildman–Crippen MR) is 340 cm³/mol. The molecule has 0 spiro atoms. The van der Waals surface area contributed by atoms with Crippen LogP contribution in [0, 0.1) is 0 Å². The zero-order valence-electron chi connectivity index (χ0n) is 58.4. The smallest absolute Gasteiger partial charge is 0.362 e. The molecule has 0 aromatic carbocycles. The maximum Gasteiger partial charge on any atom is 0.362 e. The lowest BCUT2D eigenvalue weighted by molar-refractivity contribution is -0.883. The van der Waals surface area contributed by atoms with Crippen molar-refractivity contribution in [2.24, 2.45) is 0 Å². The number of carbonyl (C=O) groups excluding carboxylic acids is 10. The van der Waals surface area contributed by atoms with E-state index in [-0.39, 0.29) is 119 Å². The van der Waals surface area contributed by atoms with Gasteiger partial charge in [-0.3, -0.25) is 24.0 Å². The Bertz CT molecular complexity index is 2030. The molecule has 0 bridgehead atoms. The fourth-order valence-electron chi connectivity index (χ4n) is 9.19. The van der Waals surface area contributed by atoms with Gasteiger partial charge in [-0.25, -0.2) is 19.2 Å². The van der Waals surface area contributed by atoms with Crippen molar-refractivity contribution in [2.45, 2.75) is 201 Å². The molecule has 2 unspecified atom stereocenters. The van der Waals surface area contributed by atoms with E-state index in [1.165, 1.54) is 59.8 Å². The summed E-state index contributed by atoms with van der Waals surface area (Å²) in [4.78, 5) is 118. The van der Waals surface area contributed by atoms with E-state index in [1.807, 2.05) is 56.4 Å². The average molecular weight is 1290 g/mol. The Labute approximate surface area is 540 Å². The molecular weight excluding hydrogens is 1170 g/mol. The van der Waals surface area contributed by atoms with Crippen molar-refractivity contribution in [1.29, 1.82) is 0 Å². The van der Waals surface area contributed by atoms with Crippen molar-refractivity contribution in [1.82, 2.24) is 0 Å². The van der Waals surface area contributed by atoms with E-state index < -0.39 is 36.1 Å². The molecule has 0 fully saturated rings. The summed E-state index contributed by atoms with van der Waals surface area (Å²) in [6, 6.07) is 0. The first kappa shape index (κ1) is 86.8. The first-order valence-electron chi connectivity index (χ1n) is 32.9. The van der Waals surface area contributed by atoms with Crippen molar-refractivity contribution in [3.05, 3.63) is 0 Å². The minimum absolute atomic E-state index is 0.0337. The molecule has 0 saturated heterocycles. The Hall–Kier alpha value is -5.30. The summed E-state index contributed by atoms with van der Waals surface area (Å²) in [6.45, 7) is 11.2. The van der Waals surface area contributed by atoms with Crippen molar-refractivity contribution in [3.8, 4) is 0 Å². The Morgan fingerprint density at radius 2 is 0.567 bits per heavy atom. The standard InChI is InChI=1S/C38H72N2O11.C28H52N2O9/c1-33(41)47-28-24-39(3,4)30-37(44)50-32-35(51-38(45)31-40(5,6)25-29-48-34(2)42)22-18-14-10-11-15-19-23-36(43)49-27-21-17-13-9-8-12-16-20-26-46-7;1-23(31)14-12-10-8-9-11-13-15-26(39-28(35)21-30(6,7)17-19-37-25(3)33)22-38-27(34)20-29(4,5)16-18-36-24(2)32/h35H,8-32H2,1-7H3;26H,8-22H2,1-7H3/q2*+2. The van der Waals surface area contributed by atoms with E-state index in [4.69, 9.17) is 47.4 Å². The number of Topliss-reactive ketones (excluding diaryl/α,β-unsaturated/α-hetero) is 1. The lowest BCUT2D eigenvalue weighted by atomic mass is 10.1. The summed E-state index contributed by atoms with van der Waals surface area (Å²) < 4.78 is 54.1. The number of methoxy groups -OCH3 is 1. The SMILES string of the molecule is CC(=O)CCCCCCCCC(COC(=O)C[N+](C)(C)CCOC(C)=O)OC(=O)C[N+](C)(C)CCOC(C)=O.COCCCCCCCCCCOC(=O)CCCCCCCCC(COC(=O)C[N+](C)(C)CCOC(C)=O)OC(=O)C[N+](C)(C)CCOC(C)=O. The van der Waals surface area contributed by atoms with Gasteiger partial charge < -0.3 is 70.1 Å². The average Bonchev–Trinajstić information content (AvgIpc) is 2.35. The maximum atomic E-state index is 12.9. The largest absolute Gasteiger partial charge is 0.466 e. The zero-order chi connectivity index (χ0) is 68.3. The molecule has 0 aromatic heterocycles. The van der Waals surface area contributed by atoms with Gasteiger partial charge in [0.05, 0.1) is 63.0 Å². The topological polar surface area (TPSA) is 263 Å². The Morgan fingerprint density at radius 3 is 0.878 bits per heavy atom. The Kier molecular flexibility index (Phi) is 50.3. The van der Waals surface area contributed by atoms with Crippen LogP contribution in [0.15, 0.2) is 0 Å². The van der Waals surface area contributed by atoms with Crippen molar-refractivity contribution in [3.63, 3.8) is 0 Å². The monoisotopic (exact) mass is 1290 g/mol. The van der Waals surface area contributed by atoms with Crippen LogP contribution < -0.4 is 0 Å². The third-order valence-corrected chi connectivity index (χ3v) is 14.7. The van der Waals surface area contributed by atoms with E-state index >= 15 is 0 Å². The first-order valence-corrected chi connectivity index (χ1v) is 32.9. The van der Waals surface area contributed by atoms with Crippen LogP contribution in [0.2, 0.25) is 0 Å². The van der Waals surface area contributed by atoms with Gasteiger partial charge in [0.25, 0.3) is 0 Å². The summed E-state index contributed by atoms with van der Waals surface area (Å²) in [5.41, 5.74) is 0. The molecule has 0 N–H and O–H groups in total. The quantitative estimate of drug-likeness (QED) is 0.0246. The minimum atomic E-state index is -0.590. The van der Waals surface area contributed by atoms with Crippen LogP contribution in [0.25, 0.3) is 0 Å². The van der Waals surface area contributed by atoms with Crippen LogP contribution in [0.3, 0.4) is 0 Å². The van der Waals surface area contributed by atoms with Gasteiger partial charge in [-0.15, -0.1) is 0 Å². The van der Waals surface area contributed by atoms with E-state index in [2.05, 4.69) is 0 Å². The highest BCUT2D eigenvalue weighted by atomic mass is 16.6. The van der Waals surface area contributed by atoms with Gasteiger partial charge >= 0.3 is 53.7 Å². The molecule has 524 valence electrons. The number of hydrogen-bond acceptors (Lipinski definition) is 20. The summed E-state index contributed by atoms with van der Waals surface area (Å²) in [5, 5.41) is 0. The summed E-state index contributed by atoms with van der Waals surface area (Å²) >= 11 is 0. The van der Waals surface area contributed by atoms with Crippen molar-refractivity contribution < 1.29 is 113 Å². The maximum absolute atomic E-state index is 12.9. The van der Waals surface area contributed by atoms with Crippen LogP contribution in [-0.4, -0.2) is 258 Å². The number of esters is 9. The number of ether oxygens (including phenoxy) is 10. The number of nitrogens with zero attached hydrogens (tertiary/aromatic N) is 4. The van der Waals surface area contributed by atoms with Crippen LogP contribution in [0.5, 0.6) is 0 Å². The minimum Gasteiger partial charge on any atom is -0.466 e. The molecule has 2 atom stereocenters. The Balaban J connectivity index is 0. The molecule has 0 rings (SSSR count). The molecule has 90 heavy (non-hydrogen) atoms. The number of quaternary nitrogens is 4. The number of hydrogen-bond donors (Lipinski definition) is 0. The first-order chi connectivity index (χ1) is 42.3. The zero-order valence-corrected chi connectivity index (χ0v) is 58.4. The molecule has 0 aromatic rings. The molecule has 0 amide bonds. The predicted octanol–water partition coefficient (Wildman–Crippen LogP) is 7.58. The van der Waals surface area contributed by atoms with Gasteiger partial charge in [-0.05, 0) is 58.3 Å². The number of likely N-dealkylation sites (N-methyl/N-ethyl adjacent to an activating group) is 4. The molecule has 0 aliphatic carbocycles. The summed E-state index contributed by atoms with van der Waals surface area (Å²) in [6.07, 6.45) is 21.5. The van der Waals surface area contributed by atoms with Crippen LogP contribution >= 0.6 is 0 Å². The van der Waals surface area contributed by atoms with Crippen molar-refractivity contribution >= 4 is 59.5 Å². The third-order valence-electron chi connectivity index (χ3n) is 14.7. The van der Waals surface area contributed by atoms with E-state index in [1.54, 1.807) is 14.0 Å². The molecule has 0 aliphatic heterocycles. The second kappa shape index (κ2) is 52.2. The molecule has 0 heterocycles.